The number of pyridine rings is 1. The lowest BCUT2D eigenvalue weighted by molar-refractivity contribution is -0.185. The topological polar surface area (TPSA) is 78.3 Å². The standard InChI is InChI=1S/C22H26F3N3O4/c23-22(24,25)18-7-4-8-19(26-18)32-17-14-31-16(20(29)21(17)30)13-27-9-11-28(12-10-27)15-5-2-1-3-6-15/h1-8,16-17,20-21,29-30H,9-14H2/t16-,17+,20+,21-/m1/s1. The smallest absolute Gasteiger partial charge is 0.433 e. The third kappa shape index (κ3) is 5.32. The van der Waals surface area contributed by atoms with Crippen LogP contribution in [0.2, 0.25) is 0 Å². The number of alkyl halides is 3. The summed E-state index contributed by atoms with van der Waals surface area (Å²) in [5.74, 6) is -0.282. The number of piperazine rings is 1. The largest absolute Gasteiger partial charge is 0.469 e. The second-order valence-electron chi connectivity index (χ2n) is 7.99. The molecule has 2 aromatic rings. The maximum absolute atomic E-state index is 12.8. The Hall–Kier alpha value is -2.40. The number of aliphatic hydroxyl groups is 2. The lowest BCUT2D eigenvalue weighted by Crippen LogP contribution is -2.59. The summed E-state index contributed by atoms with van der Waals surface area (Å²) >= 11 is 0. The highest BCUT2D eigenvalue weighted by Gasteiger charge is 2.41. The summed E-state index contributed by atoms with van der Waals surface area (Å²) in [6.07, 6.45) is -8.78. The molecule has 2 fully saturated rings. The van der Waals surface area contributed by atoms with Gasteiger partial charge in [0.05, 0.1) is 12.7 Å². The van der Waals surface area contributed by atoms with Gasteiger partial charge in [0.2, 0.25) is 5.88 Å². The molecule has 2 saturated heterocycles. The van der Waals surface area contributed by atoms with Gasteiger partial charge in [-0.1, -0.05) is 24.3 Å². The highest BCUT2D eigenvalue weighted by molar-refractivity contribution is 5.46. The minimum Gasteiger partial charge on any atom is -0.469 e. The van der Waals surface area contributed by atoms with E-state index in [9.17, 15) is 23.4 Å². The van der Waals surface area contributed by atoms with Crippen molar-refractivity contribution in [3.05, 3.63) is 54.2 Å². The molecule has 4 rings (SSSR count). The Balaban J connectivity index is 1.29. The average molecular weight is 453 g/mol. The van der Waals surface area contributed by atoms with Crippen molar-refractivity contribution in [2.45, 2.75) is 30.6 Å². The van der Waals surface area contributed by atoms with Crippen LogP contribution in [0.25, 0.3) is 0 Å². The van der Waals surface area contributed by atoms with Gasteiger partial charge in [-0.15, -0.1) is 0 Å². The highest BCUT2D eigenvalue weighted by Crippen LogP contribution is 2.29. The third-order valence-corrected chi connectivity index (χ3v) is 5.80. The molecule has 0 amide bonds. The molecule has 3 heterocycles. The lowest BCUT2D eigenvalue weighted by Gasteiger charge is -2.41. The molecule has 2 aliphatic rings. The molecule has 4 atom stereocenters. The fourth-order valence-electron chi connectivity index (χ4n) is 4.00. The molecule has 1 aromatic carbocycles. The molecular weight excluding hydrogens is 427 g/mol. The van der Waals surface area contributed by atoms with Gasteiger partial charge >= 0.3 is 6.18 Å². The summed E-state index contributed by atoms with van der Waals surface area (Å²) in [5.41, 5.74) is 0.0778. The first-order chi connectivity index (χ1) is 15.3. The number of halogens is 3. The second kappa shape index (κ2) is 9.62. The van der Waals surface area contributed by atoms with E-state index in [0.29, 0.717) is 6.54 Å². The quantitative estimate of drug-likeness (QED) is 0.715. The molecule has 10 heteroatoms. The van der Waals surface area contributed by atoms with Crippen molar-refractivity contribution < 1.29 is 32.9 Å². The van der Waals surface area contributed by atoms with Crippen LogP contribution in [0.4, 0.5) is 18.9 Å². The highest BCUT2D eigenvalue weighted by atomic mass is 19.4. The molecule has 0 unspecified atom stereocenters. The summed E-state index contributed by atoms with van der Waals surface area (Å²) in [4.78, 5) is 7.88. The number of nitrogens with zero attached hydrogens (tertiary/aromatic N) is 3. The van der Waals surface area contributed by atoms with Gasteiger partial charge in [0.1, 0.15) is 17.9 Å². The first kappa shape index (κ1) is 22.8. The van der Waals surface area contributed by atoms with Crippen LogP contribution in [-0.2, 0) is 10.9 Å². The van der Waals surface area contributed by atoms with Crippen molar-refractivity contribution in [1.82, 2.24) is 9.88 Å². The Morgan fingerprint density at radius 1 is 0.969 bits per heavy atom. The summed E-state index contributed by atoms with van der Waals surface area (Å²) in [6, 6.07) is 13.4. The van der Waals surface area contributed by atoms with Gasteiger partial charge < -0.3 is 24.6 Å². The van der Waals surface area contributed by atoms with E-state index < -0.39 is 36.3 Å². The number of hydrogen-bond donors (Lipinski definition) is 2. The number of ether oxygens (including phenoxy) is 2. The van der Waals surface area contributed by atoms with Crippen molar-refractivity contribution in [2.75, 3.05) is 44.2 Å². The van der Waals surface area contributed by atoms with Crippen molar-refractivity contribution in [3.8, 4) is 5.88 Å². The summed E-state index contributed by atoms with van der Waals surface area (Å²) in [5, 5.41) is 21.0. The molecule has 0 aliphatic carbocycles. The van der Waals surface area contributed by atoms with Crippen LogP contribution in [0.3, 0.4) is 0 Å². The predicted octanol–water partition coefficient (Wildman–Crippen LogP) is 1.79. The number of aromatic nitrogens is 1. The van der Waals surface area contributed by atoms with Crippen LogP contribution in [0.5, 0.6) is 5.88 Å². The van der Waals surface area contributed by atoms with E-state index in [2.05, 4.69) is 26.9 Å². The number of para-hydroxylation sites is 1. The first-order valence-corrected chi connectivity index (χ1v) is 10.5. The van der Waals surface area contributed by atoms with E-state index in [-0.39, 0.29) is 12.5 Å². The van der Waals surface area contributed by atoms with Crippen LogP contribution in [-0.4, -0.2) is 83.8 Å². The zero-order valence-electron chi connectivity index (χ0n) is 17.4. The normalized spacial score (nSPS) is 27.3. The Labute approximate surface area is 184 Å². The number of anilines is 1. The maximum atomic E-state index is 12.8. The molecule has 0 spiro atoms. The van der Waals surface area contributed by atoms with Gasteiger partial charge in [0.25, 0.3) is 0 Å². The summed E-state index contributed by atoms with van der Waals surface area (Å²) < 4.78 is 49.6. The molecule has 2 aliphatic heterocycles. The average Bonchev–Trinajstić information content (AvgIpc) is 2.79. The van der Waals surface area contributed by atoms with E-state index in [0.717, 1.165) is 32.2 Å². The van der Waals surface area contributed by atoms with E-state index in [1.165, 1.54) is 17.8 Å². The Morgan fingerprint density at radius 2 is 1.69 bits per heavy atom. The van der Waals surface area contributed by atoms with Gasteiger partial charge in [-0.05, 0) is 18.2 Å². The fraction of sp³-hybridized carbons (Fsp3) is 0.500. The zero-order chi connectivity index (χ0) is 22.7. The number of rotatable bonds is 5. The molecule has 1 aromatic heterocycles. The summed E-state index contributed by atoms with van der Waals surface area (Å²) in [7, 11) is 0. The van der Waals surface area contributed by atoms with E-state index in [4.69, 9.17) is 9.47 Å². The van der Waals surface area contributed by atoms with Gasteiger partial charge in [-0.25, -0.2) is 4.98 Å². The van der Waals surface area contributed by atoms with Gasteiger partial charge in [0, 0.05) is 44.5 Å². The van der Waals surface area contributed by atoms with E-state index in [1.807, 2.05) is 18.2 Å². The van der Waals surface area contributed by atoms with Crippen molar-refractivity contribution in [2.24, 2.45) is 0 Å². The van der Waals surface area contributed by atoms with Crippen LogP contribution in [0, 0.1) is 0 Å². The lowest BCUT2D eigenvalue weighted by atomic mass is 9.99. The number of benzene rings is 1. The summed E-state index contributed by atoms with van der Waals surface area (Å²) in [6.45, 7) is 3.61. The van der Waals surface area contributed by atoms with Crippen LogP contribution < -0.4 is 9.64 Å². The second-order valence-corrected chi connectivity index (χ2v) is 7.99. The number of aliphatic hydroxyl groups excluding tert-OH is 2. The van der Waals surface area contributed by atoms with Crippen LogP contribution in [0.15, 0.2) is 48.5 Å². The Bertz CT molecular complexity index is 878. The monoisotopic (exact) mass is 453 g/mol. The van der Waals surface area contributed by atoms with Crippen molar-refractivity contribution >= 4 is 5.69 Å². The Kier molecular flexibility index (Phi) is 6.85. The van der Waals surface area contributed by atoms with Gasteiger partial charge in [-0.2, -0.15) is 13.2 Å². The third-order valence-electron chi connectivity index (χ3n) is 5.80. The molecule has 7 nitrogen and oxygen atoms in total. The fourth-order valence-corrected chi connectivity index (χ4v) is 4.00. The van der Waals surface area contributed by atoms with Gasteiger partial charge in [-0.3, -0.25) is 4.90 Å². The number of hydrogen-bond acceptors (Lipinski definition) is 7. The molecule has 174 valence electrons. The minimum absolute atomic E-state index is 0.0647. The minimum atomic E-state index is -4.60. The SMILES string of the molecule is O[C@@H]1[C@H](O)[C@@H](Oc2cccc(C(F)(F)F)n2)CO[C@@H]1CN1CCN(c2ccccc2)CC1. The molecule has 0 bridgehead atoms. The van der Waals surface area contributed by atoms with Crippen LogP contribution >= 0.6 is 0 Å². The molecular formula is C22H26F3N3O4. The maximum Gasteiger partial charge on any atom is 0.433 e. The van der Waals surface area contributed by atoms with E-state index in [1.54, 1.807) is 0 Å². The van der Waals surface area contributed by atoms with E-state index >= 15 is 0 Å². The molecule has 0 radical (unpaired) electrons. The van der Waals surface area contributed by atoms with Crippen molar-refractivity contribution in [1.29, 1.82) is 0 Å². The molecule has 0 saturated carbocycles. The first-order valence-electron chi connectivity index (χ1n) is 10.5. The van der Waals surface area contributed by atoms with Crippen LogP contribution in [0.1, 0.15) is 5.69 Å². The predicted molar refractivity (Wildman–Crippen MR) is 111 cm³/mol. The Morgan fingerprint density at radius 3 is 2.38 bits per heavy atom. The molecule has 32 heavy (non-hydrogen) atoms. The zero-order valence-corrected chi connectivity index (χ0v) is 17.4. The molecule has 2 N–H and O–H groups in total. The van der Waals surface area contributed by atoms with Crippen molar-refractivity contribution in [3.63, 3.8) is 0 Å². The van der Waals surface area contributed by atoms with Gasteiger partial charge in [0.15, 0.2) is 6.10 Å².